The molecule has 2 amide bonds. The molecule has 0 atom stereocenters. The van der Waals surface area contributed by atoms with Crippen LogP contribution in [0, 0.1) is 11.3 Å². The Kier molecular flexibility index (Phi) is 2.75. The summed E-state index contributed by atoms with van der Waals surface area (Å²) in [6.07, 6.45) is 1.33. The molecule has 0 aliphatic rings. The second-order valence-corrected chi connectivity index (χ2v) is 3.25. The number of amides is 2. The molecule has 1 aromatic heterocycles. The summed E-state index contributed by atoms with van der Waals surface area (Å²) in [4.78, 5) is 10.4. The lowest BCUT2D eigenvalue weighted by Crippen LogP contribution is -2.24. The van der Waals surface area contributed by atoms with Gasteiger partial charge in [0.15, 0.2) is 0 Å². The van der Waals surface area contributed by atoms with E-state index in [0.29, 0.717) is 16.9 Å². The van der Waals surface area contributed by atoms with Gasteiger partial charge < -0.3 is 10.2 Å². The van der Waals surface area contributed by atoms with Crippen LogP contribution in [0.15, 0.2) is 33.8 Å². The highest BCUT2D eigenvalue weighted by Crippen LogP contribution is 2.19. The van der Waals surface area contributed by atoms with E-state index in [2.05, 4.69) is 10.5 Å². The van der Waals surface area contributed by atoms with Gasteiger partial charge in [0, 0.05) is 5.39 Å². The number of furan rings is 1. The number of primary amides is 1. The Balaban J connectivity index is 2.29. The van der Waals surface area contributed by atoms with E-state index in [4.69, 9.17) is 15.4 Å². The van der Waals surface area contributed by atoms with Gasteiger partial charge in [0.05, 0.1) is 17.8 Å². The number of rotatable bonds is 2. The maximum atomic E-state index is 10.4. The summed E-state index contributed by atoms with van der Waals surface area (Å²) in [6, 6.07) is 8.07. The van der Waals surface area contributed by atoms with Crippen LogP contribution in [0.1, 0.15) is 11.3 Å². The molecule has 6 nitrogen and oxygen atoms in total. The molecule has 0 unspecified atom stereocenters. The Morgan fingerprint density at radius 3 is 3.06 bits per heavy atom. The third kappa shape index (κ3) is 2.41. The SMILES string of the molecule is N#Cc1ccc2oc(C=NNC(N)=O)cc2c1. The summed E-state index contributed by atoms with van der Waals surface area (Å²) >= 11 is 0. The van der Waals surface area contributed by atoms with Crippen molar-refractivity contribution in [3.63, 3.8) is 0 Å². The van der Waals surface area contributed by atoms with E-state index in [-0.39, 0.29) is 0 Å². The van der Waals surface area contributed by atoms with E-state index in [1.165, 1.54) is 6.21 Å². The first-order valence-corrected chi connectivity index (χ1v) is 4.71. The summed E-state index contributed by atoms with van der Waals surface area (Å²) < 4.78 is 5.40. The number of nitrogens with two attached hydrogens (primary N) is 1. The number of nitriles is 1. The molecule has 0 aliphatic heterocycles. The molecule has 84 valence electrons. The zero-order valence-electron chi connectivity index (χ0n) is 8.68. The molecule has 0 radical (unpaired) electrons. The lowest BCUT2D eigenvalue weighted by atomic mass is 10.2. The van der Waals surface area contributed by atoms with Crippen LogP contribution in [0.3, 0.4) is 0 Å². The van der Waals surface area contributed by atoms with Crippen LogP contribution < -0.4 is 11.2 Å². The first-order chi connectivity index (χ1) is 8.19. The molecule has 17 heavy (non-hydrogen) atoms. The van der Waals surface area contributed by atoms with Crippen LogP contribution in [0.25, 0.3) is 11.0 Å². The fourth-order valence-corrected chi connectivity index (χ4v) is 1.36. The fourth-order valence-electron chi connectivity index (χ4n) is 1.36. The Bertz CT molecular complexity index is 636. The summed E-state index contributed by atoms with van der Waals surface area (Å²) in [6.45, 7) is 0. The average molecular weight is 228 g/mol. The monoisotopic (exact) mass is 228 g/mol. The summed E-state index contributed by atoms with van der Waals surface area (Å²) in [5.74, 6) is 0.462. The molecule has 0 saturated carbocycles. The van der Waals surface area contributed by atoms with E-state index in [1.807, 2.05) is 6.07 Å². The van der Waals surface area contributed by atoms with Crippen molar-refractivity contribution in [3.8, 4) is 6.07 Å². The zero-order valence-corrected chi connectivity index (χ0v) is 8.68. The number of nitrogens with zero attached hydrogens (tertiary/aromatic N) is 2. The van der Waals surface area contributed by atoms with E-state index < -0.39 is 6.03 Å². The Hall–Kier alpha value is -2.81. The van der Waals surface area contributed by atoms with Gasteiger partial charge in [-0.2, -0.15) is 10.4 Å². The van der Waals surface area contributed by atoms with E-state index in [0.717, 1.165) is 5.39 Å². The van der Waals surface area contributed by atoms with Crippen LogP contribution >= 0.6 is 0 Å². The number of urea groups is 1. The number of carbonyl (C=O) groups excluding carboxylic acids is 1. The van der Waals surface area contributed by atoms with Gasteiger partial charge in [-0.15, -0.1) is 0 Å². The molecule has 0 spiro atoms. The molecular weight excluding hydrogens is 220 g/mol. The van der Waals surface area contributed by atoms with E-state index in [9.17, 15) is 4.79 Å². The quantitative estimate of drug-likeness (QED) is 0.597. The van der Waals surface area contributed by atoms with Crippen molar-refractivity contribution in [3.05, 3.63) is 35.6 Å². The Labute approximate surface area is 96.3 Å². The van der Waals surface area contributed by atoms with Gasteiger partial charge in [0.1, 0.15) is 11.3 Å². The third-order valence-corrected chi connectivity index (χ3v) is 2.03. The third-order valence-electron chi connectivity index (χ3n) is 2.03. The highest BCUT2D eigenvalue weighted by molar-refractivity contribution is 5.88. The molecule has 0 fully saturated rings. The van der Waals surface area contributed by atoms with Crippen molar-refractivity contribution < 1.29 is 9.21 Å². The van der Waals surface area contributed by atoms with Gasteiger partial charge in [0.25, 0.3) is 0 Å². The molecule has 1 heterocycles. The van der Waals surface area contributed by atoms with Crippen LogP contribution in [0.4, 0.5) is 4.79 Å². The molecular formula is C11H8N4O2. The normalized spacial score (nSPS) is 10.5. The smallest absolute Gasteiger partial charge is 0.332 e. The molecule has 0 bridgehead atoms. The van der Waals surface area contributed by atoms with Gasteiger partial charge in [0.2, 0.25) is 0 Å². The summed E-state index contributed by atoms with van der Waals surface area (Å²) in [5, 5.41) is 13.1. The lowest BCUT2D eigenvalue weighted by molar-refractivity contribution is 0.249. The highest BCUT2D eigenvalue weighted by Gasteiger charge is 2.02. The van der Waals surface area contributed by atoms with Crippen molar-refractivity contribution in [2.45, 2.75) is 0 Å². The Morgan fingerprint density at radius 2 is 2.35 bits per heavy atom. The molecule has 1 aromatic carbocycles. The number of benzene rings is 1. The van der Waals surface area contributed by atoms with Crippen molar-refractivity contribution in [1.29, 1.82) is 5.26 Å². The average Bonchev–Trinajstić information content (AvgIpc) is 2.69. The first kappa shape index (κ1) is 10.7. The molecule has 6 heteroatoms. The van der Waals surface area contributed by atoms with Crippen molar-refractivity contribution in [2.75, 3.05) is 0 Å². The van der Waals surface area contributed by atoms with Gasteiger partial charge in [-0.1, -0.05) is 0 Å². The number of carbonyl (C=O) groups is 1. The van der Waals surface area contributed by atoms with Crippen LogP contribution in [0.5, 0.6) is 0 Å². The second kappa shape index (κ2) is 4.37. The Morgan fingerprint density at radius 1 is 1.53 bits per heavy atom. The van der Waals surface area contributed by atoms with Crippen LogP contribution in [-0.4, -0.2) is 12.2 Å². The number of fused-ring (bicyclic) bond motifs is 1. The topological polar surface area (TPSA) is 104 Å². The highest BCUT2D eigenvalue weighted by atomic mass is 16.3. The summed E-state index contributed by atoms with van der Waals surface area (Å²) in [7, 11) is 0. The molecule has 0 aliphatic carbocycles. The van der Waals surface area contributed by atoms with Gasteiger partial charge in [-0.25, -0.2) is 10.2 Å². The minimum absolute atomic E-state index is 0.462. The van der Waals surface area contributed by atoms with Crippen molar-refractivity contribution >= 4 is 23.2 Å². The van der Waals surface area contributed by atoms with Crippen molar-refractivity contribution in [1.82, 2.24) is 5.43 Å². The molecule has 2 rings (SSSR count). The van der Waals surface area contributed by atoms with Crippen LogP contribution in [-0.2, 0) is 0 Å². The van der Waals surface area contributed by atoms with E-state index >= 15 is 0 Å². The number of hydrogen-bond donors (Lipinski definition) is 2. The first-order valence-electron chi connectivity index (χ1n) is 4.71. The van der Waals surface area contributed by atoms with Gasteiger partial charge in [-0.3, -0.25) is 0 Å². The predicted octanol–water partition coefficient (Wildman–Crippen LogP) is 1.31. The number of hydrogen-bond acceptors (Lipinski definition) is 4. The lowest BCUT2D eigenvalue weighted by Gasteiger charge is -1.88. The van der Waals surface area contributed by atoms with Crippen LogP contribution in [0.2, 0.25) is 0 Å². The summed E-state index contributed by atoms with van der Waals surface area (Å²) in [5.41, 5.74) is 8.09. The number of hydrazone groups is 1. The largest absolute Gasteiger partial charge is 0.455 e. The minimum atomic E-state index is -0.746. The second-order valence-electron chi connectivity index (χ2n) is 3.25. The van der Waals surface area contributed by atoms with Crippen molar-refractivity contribution in [2.24, 2.45) is 10.8 Å². The number of nitrogens with one attached hydrogen (secondary N) is 1. The molecule has 0 saturated heterocycles. The predicted molar refractivity (Wildman–Crippen MR) is 61.2 cm³/mol. The van der Waals surface area contributed by atoms with Gasteiger partial charge in [-0.05, 0) is 24.3 Å². The van der Waals surface area contributed by atoms with E-state index in [1.54, 1.807) is 24.3 Å². The fraction of sp³-hybridized carbons (Fsp3) is 0. The maximum absolute atomic E-state index is 10.4. The minimum Gasteiger partial charge on any atom is -0.455 e. The standard InChI is InChI=1S/C11H8N4O2/c12-5-7-1-2-10-8(3-7)4-9(17-10)6-14-15-11(13)16/h1-4,6H,(H3,13,15,16). The maximum Gasteiger partial charge on any atom is 0.332 e. The zero-order chi connectivity index (χ0) is 12.3. The van der Waals surface area contributed by atoms with Gasteiger partial charge >= 0.3 is 6.03 Å². The molecule has 3 N–H and O–H groups in total. The molecule has 2 aromatic rings.